The van der Waals surface area contributed by atoms with Gasteiger partial charge in [0.2, 0.25) is 0 Å². The maximum absolute atomic E-state index is 10.6. The van der Waals surface area contributed by atoms with E-state index in [1.54, 1.807) is 18.2 Å². The van der Waals surface area contributed by atoms with Crippen LogP contribution in [0.2, 0.25) is 0 Å². The van der Waals surface area contributed by atoms with E-state index in [1.807, 2.05) is 0 Å². The van der Waals surface area contributed by atoms with Crippen LogP contribution in [0.25, 0.3) is 0 Å². The standard InChI is InChI=1S/C9H7NO4/c11-5-6-2-1-3-8-7(6)4-9(14-8)10(12)13/h1-3,5,9H,4H2. The maximum Gasteiger partial charge on any atom is 0.358 e. The van der Waals surface area contributed by atoms with E-state index in [0.29, 0.717) is 23.2 Å². The van der Waals surface area contributed by atoms with Gasteiger partial charge in [-0.05, 0) is 6.07 Å². The van der Waals surface area contributed by atoms with Gasteiger partial charge < -0.3 is 4.74 Å². The first-order chi connectivity index (χ1) is 6.72. The monoisotopic (exact) mass is 193 g/mol. The number of rotatable bonds is 2. The molecule has 0 bridgehead atoms. The van der Waals surface area contributed by atoms with Crippen LogP contribution in [-0.2, 0) is 6.42 Å². The van der Waals surface area contributed by atoms with Gasteiger partial charge >= 0.3 is 6.23 Å². The molecule has 1 aliphatic heterocycles. The highest BCUT2D eigenvalue weighted by molar-refractivity contribution is 5.79. The first-order valence-corrected chi connectivity index (χ1v) is 4.09. The Bertz CT molecular complexity index is 402. The number of nitro groups is 1. The van der Waals surface area contributed by atoms with Gasteiger partial charge in [-0.3, -0.25) is 14.9 Å². The number of carbonyl (C=O) groups excluding carboxylic acids is 1. The number of aldehydes is 1. The number of benzene rings is 1. The molecule has 1 aromatic carbocycles. The van der Waals surface area contributed by atoms with Gasteiger partial charge in [-0.2, -0.15) is 0 Å². The summed E-state index contributed by atoms with van der Waals surface area (Å²) in [6.45, 7) is 0. The summed E-state index contributed by atoms with van der Waals surface area (Å²) >= 11 is 0. The zero-order chi connectivity index (χ0) is 10.1. The molecule has 2 rings (SSSR count). The molecule has 1 aromatic rings. The predicted octanol–water partition coefficient (Wildman–Crippen LogP) is 1.04. The molecule has 72 valence electrons. The molecule has 0 N–H and O–H groups in total. The number of hydrogen-bond donors (Lipinski definition) is 0. The second kappa shape index (κ2) is 3.10. The highest BCUT2D eigenvalue weighted by Gasteiger charge is 2.32. The minimum Gasteiger partial charge on any atom is -0.429 e. The van der Waals surface area contributed by atoms with Crippen LogP contribution < -0.4 is 4.74 Å². The minimum absolute atomic E-state index is 0.164. The predicted molar refractivity (Wildman–Crippen MR) is 46.9 cm³/mol. The molecule has 5 nitrogen and oxygen atoms in total. The number of ether oxygens (including phenoxy) is 1. The van der Waals surface area contributed by atoms with Crippen molar-refractivity contribution in [2.24, 2.45) is 0 Å². The molecule has 1 unspecified atom stereocenters. The third kappa shape index (κ3) is 1.22. The van der Waals surface area contributed by atoms with E-state index in [0.717, 1.165) is 0 Å². The lowest BCUT2D eigenvalue weighted by atomic mass is 10.1. The van der Waals surface area contributed by atoms with Crippen LogP contribution in [0.1, 0.15) is 15.9 Å². The fraction of sp³-hybridized carbons (Fsp3) is 0.222. The summed E-state index contributed by atoms with van der Waals surface area (Å²) < 4.78 is 5.05. The maximum atomic E-state index is 10.6. The number of fused-ring (bicyclic) bond motifs is 1. The number of nitrogens with zero attached hydrogens (tertiary/aromatic N) is 1. The topological polar surface area (TPSA) is 69.4 Å². The molecule has 0 saturated carbocycles. The van der Waals surface area contributed by atoms with Crippen molar-refractivity contribution in [1.29, 1.82) is 0 Å². The Morgan fingerprint density at radius 1 is 1.57 bits per heavy atom. The van der Waals surface area contributed by atoms with E-state index in [-0.39, 0.29) is 6.42 Å². The Balaban J connectivity index is 2.39. The van der Waals surface area contributed by atoms with E-state index < -0.39 is 11.2 Å². The lowest BCUT2D eigenvalue weighted by Crippen LogP contribution is -2.23. The summed E-state index contributed by atoms with van der Waals surface area (Å²) in [6.07, 6.45) is -0.201. The normalized spacial score (nSPS) is 18.4. The van der Waals surface area contributed by atoms with E-state index in [2.05, 4.69) is 0 Å². The van der Waals surface area contributed by atoms with E-state index in [4.69, 9.17) is 4.74 Å². The van der Waals surface area contributed by atoms with Crippen molar-refractivity contribution in [3.8, 4) is 5.75 Å². The highest BCUT2D eigenvalue weighted by atomic mass is 16.7. The minimum atomic E-state index is -1.05. The molecule has 0 saturated heterocycles. The average Bonchev–Trinajstić information content (AvgIpc) is 2.60. The number of carbonyl (C=O) groups is 1. The second-order valence-corrected chi connectivity index (χ2v) is 3.00. The quantitative estimate of drug-likeness (QED) is 0.399. The van der Waals surface area contributed by atoms with Crippen LogP contribution in [0.15, 0.2) is 18.2 Å². The van der Waals surface area contributed by atoms with Gasteiger partial charge in [0.1, 0.15) is 12.0 Å². The zero-order valence-electron chi connectivity index (χ0n) is 7.17. The first-order valence-electron chi connectivity index (χ1n) is 4.09. The summed E-state index contributed by atoms with van der Waals surface area (Å²) in [5, 5.41) is 10.5. The third-order valence-corrected chi connectivity index (χ3v) is 2.17. The van der Waals surface area contributed by atoms with Gasteiger partial charge in [0.15, 0.2) is 0 Å². The van der Waals surface area contributed by atoms with Crippen LogP contribution in [-0.4, -0.2) is 17.4 Å². The molecule has 5 heteroatoms. The molecule has 1 atom stereocenters. The Labute approximate surface area is 79.4 Å². The summed E-state index contributed by atoms with van der Waals surface area (Å²) in [5.74, 6) is 0.441. The third-order valence-electron chi connectivity index (χ3n) is 2.17. The van der Waals surface area contributed by atoms with Crippen molar-refractivity contribution < 1.29 is 14.5 Å². The highest BCUT2D eigenvalue weighted by Crippen LogP contribution is 2.30. The van der Waals surface area contributed by atoms with Crippen molar-refractivity contribution >= 4 is 6.29 Å². The summed E-state index contributed by atoms with van der Waals surface area (Å²) in [6, 6.07) is 4.90. The van der Waals surface area contributed by atoms with Crippen molar-refractivity contribution in [2.45, 2.75) is 12.6 Å². The van der Waals surface area contributed by atoms with Crippen molar-refractivity contribution in [2.75, 3.05) is 0 Å². The lowest BCUT2D eigenvalue weighted by Gasteiger charge is -2.00. The van der Waals surface area contributed by atoms with Gasteiger partial charge in [-0.1, -0.05) is 12.1 Å². The van der Waals surface area contributed by atoms with E-state index >= 15 is 0 Å². The van der Waals surface area contributed by atoms with Crippen LogP contribution >= 0.6 is 0 Å². The van der Waals surface area contributed by atoms with Gasteiger partial charge in [-0.25, -0.2) is 0 Å². The molecule has 0 fully saturated rings. The van der Waals surface area contributed by atoms with Gasteiger partial charge in [0, 0.05) is 11.1 Å². The van der Waals surface area contributed by atoms with Gasteiger partial charge in [-0.15, -0.1) is 0 Å². The second-order valence-electron chi connectivity index (χ2n) is 3.00. The summed E-state index contributed by atoms with van der Waals surface area (Å²) in [7, 11) is 0. The van der Waals surface area contributed by atoms with Crippen molar-refractivity contribution in [1.82, 2.24) is 0 Å². The summed E-state index contributed by atoms with van der Waals surface area (Å²) in [5.41, 5.74) is 1.09. The molecular formula is C9H7NO4. The fourth-order valence-electron chi connectivity index (χ4n) is 1.50. The Morgan fingerprint density at radius 3 is 3.00 bits per heavy atom. The van der Waals surface area contributed by atoms with E-state index in [9.17, 15) is 14.9 Å². The fourth-order valence-corrected chi connectivity index (χ4v) is 1.50. The van der Waals surface area contributed by atoms with Gasteiger partial charge in [0.05, 0.1) is 11.3 Å². The molecule has 0 radical (unpaired) electrons. The van der Waals surface area contributed by atoms with Crippen LogP contribution in [0.3, 0.4) is 0 Å². The first kappa shape index (κ1) is 8.68. The molecular weight excluding hydrogens is 186 g/mol. The molecule has 0 amide bonds. The van der Waals surface area contributed by atoms with Gasteiger partial charge in [0.25, 0.3) is 0 Å². The Morgan fingerprint density at radius 2 is 2.36 bits per heavy atom. The number of hydrogen-bond acceptors (Lipinski definition) is 4. The lowest BCUT2D eigenvalue weighted by molar-refractivity contribution is -0.558. The molecule has 1 aliphatic rings. The van der Waals surface area contributed by atoms with Crippen LogP contribution in [0.4, 0.5) is 0 Å². The smallest absolute Gasteiger partial charge is 0.358 e. The average molecular weight is 193 g/mol. The molecule has 14 heavy (non-hydrogen) atoms. The van der Waals surface area contributed by atoms with Crippen LogP contribution in [0.5, 0.6) is 5.75 Å². The molecule has 0 spiro atoms. The Kier molecular flexibility index (Phi) is 1.92. The Hall–Kier alpha value is -1.91. The molecule has 0 aliphatic carbocycles. The van der Waals surface area contributed by atoms with Crippen molar-refractivity contribution in [3.05, 3.63) is 39.4 Å². The molecule has 1 heterocycles. The largest absolute Gasteiger partial charge is 0.429 e. The summed E-state index contributed by atoms with van der Waals surface area (Å²) in [4.78, 5) is 20.6. The van der Waals surface area contributed by atoms with Crippen molar-refractivity contribution in [3.63, 3.8) is 0 Å². The van der Waals surface area contributed by atoms with E-state index in [1.165, 1.54) is 0 Å². The molecule has 0 aromatic heterocycles. The zero-order valence-corrected chi connectivity index (χ0v) is 7.17. The SMILES string of the molecule is O=Cc1cccc2c1CC([N+](=O)[O-])O2. The van der Waals surface area contributed by atoms with Crippen LogP contribution in [0, 0.1) is 10.1 Å².